The number of hydrogen-bond acceptors (Lipinski definition) is 4. The Morgan fingerprint density at radius 3 is 2.50 bits per heavy atom. The van der Waals surface area contributed by atoms with E-state index in [1.165, 1.54) is 0 Å². The molecule has 0 radical (unpaired) electrons. The minimum Gasteiger partial charge on any atom is -0.378 e. The number of anilines is 2. The topological polar surface area (TPSA) is 61.6 Å². The maximum absolute atomic E-state index is 11.3. The largest absolute Gasteiger partial charge is 0.378 e. The van der Waals surface area contributed by atoms with Crippen LogP contribution in [0.25, 0.3) is 0 Å². The smallest absolute Gasteiger partial charge is 0.267 e. The molecular weight excluding hydrogens is 228 g/mol. The second-order valence-corrected chi connectivity index (χ2v) is 4.15. The number of carbonyl (C=O) groups is 1. The summed E-state index contributed by atoms with van der Waals surface area (Å²) in [5, 5.41) is 1.65. The van der Waals surface area contributed by atoms with Crippen molar-refractivity contribution in [1.29, 1.82) is 0 Å². The quantitative estimate of drug-likeness (QED) is 0.831. The van der Waals surface area contributed by atoms with Gasteiger partial charge in [-0.1, -0.05) is 0 Å². The molecule has 2 rings (SSSR count). The second kappa shape index (κ2) is 4.83. The first kappa shape index (κ1) is 12.0. The molecule has 0 unspecified atom stereocenters. The van der Waals surface area contributed by atoms with Crippen molar-refractivity contribution in [3.63, 3.8) is 0 Å². The molecule has 0 fully saturated rings. The molecule has 0 saturated heterocycles. The molecule has 5 heteroatoms. The summed E-state index contributed by atoms with van der Waals surface area (Å²) in [5.41, 5.74) is 10.7. The summed E-state index contributed by atoms with van der Waals surface area (Å²) in [4.78, 5) is 13.4. The van der Waals surface area contributed by atoms with Crippen LogP contribution in [0.4, 0.5) is 11.4 Å². The number of allylic oxidation sites excluding steroid dienone is 2. The van der Waals surface area contributed by atoms with Gasteiger partial charge in [-0.15, -0.1) is 0 Å². The van der Waals surface area contributed by atoms with E-state index in [1.54, 1.807) is 23.4 Å². The van der Waals surface area contributed by atoms with E-state index in [9.17, 15) is 4.79 Å². The van der Waals surface area contributed by atoms with Crippen molar-refractivity contribution >= 4 is 17.3 Å². The molecule has 0 aliphatic carbocycles. The Labute approximate surface area is 106 Å². The molecule has 1 aliphatic rings. The van der Waals surface area contributed by atoms with E-state index in [2.05, 4.69) is 5.43 Å². The molecule has 0 saturated carbocycles. The van der Waals surface area contributed by atoms with E-state index >= 15 is 0 Å². The summed E-state index contributed by atoms with van der Waals surface area (Å²) >= 11 is 0. The first-order valence-electron chi connectivity index (χ1n) is 5.60. The summed E-state index contributed by atoms with van der Waals surface area (Å²) in [6.45, 7) is 0. The van der Waals surface area contributed by atoms with E-state index in [0.717, 1.165) is 11.4 Å². The highest BCUT2D eigenvalue weighted by molar-refractivity contribution is 5.96. The predicted molar refractivity (Wildman–Crippen MR) is 72.8 cm³/mol. The maximum Gasteiger partial charge on any atom is 0.267 e. The van der Waals surface area contributed by atoms with Crippen molar-refractivity contribution in [2.75, 3.05) is 24.0 Å². The predicted octanol–water partition coefficient (Wildman–Crippen LogP) is 0.960. The number of nitrogens with zero attached hydrogens (tertiary/aromatic N) is 2. The summed E-state index contributed by atoms with van der Waals surface area (Å²) in [7, 11) is 3.96. The Bertz CT molecular complexity index is 502. The van der Waals surface area contributed by atoms with Gasteiger partial charge in [0, 0.05) is 26.0 Å². The van der Waals surface area contributed by atoms with Crippen molar-refractivity contribution in [2.24, 2.45) is 5.73 Å². The molecule has 3 N–H and O–H groups in total. The van der Waals surface area contributed by atoms with Crippen molar-refractivity contribution in [2.45, 2.75) is 0 Å². The normalized spacial score (nSPS) is 13.9. The van der Waals surface area contributed by atoms with E-state index in [4.69, 9.17) is 5.73 Å². The molecule has 1 aromatic rings. The molecule has 1 aliphatic heterocycles. The van der Waals surface area contributed by atoms with Gasteiger partial charge >= 0.3 is 0 Å². The van der Waals surface area contributed by atoms with Gasteiger partial charge in [0.1, 0.15) is 5.70 Å². The monoisotopic (exact) mass is 244 g/mol. The lowest BCUT2D eigenvalue weighted by atomic mass is 10.2. The van der Waals surface area contributed by atoms with Crippen molar-refractivity contribution in [3.05, 3.63) is 48.3 Å². The lowest BCUT2D eigenvalue weighted by Gasteiger charge is -2.27. The number of nitrogens with two attached hydrogens (primary N) is 1. The highest BCUT2D eigenvalue weighted by atomic mass is 16.1. The van der Waals surface area contributed by atoms with Crippen molar-refractivity contribution < 1.29 is 4.79 Å². The number of nitrogens with one attached hydrogen (secondary N) is 1. The van der Waals surface area contributed by atoms with E-state index < -0.39 is 5.91 Å². The van der Waals surface area contributed by atoms with Gasteiger partial charge < -0.3 is 16.1 Å². The first-order valence-corrected chi connectivity index (χ1v) is 5.60. The lowest BCUT2D eigenvalue weighted by Crippen LogP contribution is -2.40. The zero-order valence-corrected chi connectivity index (χ0v) is 10.4. The molecule has 0 bridgehead atoms. The fourth-order valence-corrected chi connectivity index (χ4v) is 1.71. The van der Waals surface area contributed by atoms with Crippen molar-refractivity contribution in [3.8, 4) is 0 Å². The zero-order chi connectivity index (χ0) is 13.1. The van der Waals surface area contributed by atoms with Gasteiger partial charge in [-0.05, 0) is 36.4 Å². The Morgan fingerprint density at radius 2 is 1.94 bits per heavy atom. The minimum absolute atomic E-state index is 0.412. The van der Waals surface area contributed by atoms with Crippen LogP contribution in [0.1, 0.15) is 0 Å². The molecule has 0 atom stereocenters. The fourth-order valence-electron chi connectivity index (χ4n) is 1.71. The van der Waals surface area contributed by atoms with Crippen LogP contribution in [0.5, 0.6) is 0 Å². The third-order valence-electron chi connectivity index (χ3n) is 2.67. The number of amides is 1. The second-order valence-electron chi connectivity index (χ2n) is 4.15. The molecule has 0 aromatic heterocycles. The summed E-state index contributed by atoms with van der Waals surface area (Å²) in [5.74, 6) is -0.469. The lowest BCUT2D eigenvalue weighted by molar-refractivity contribution is -0.114. The van der Waals surface area contributed by atoms with Crippen LogP contribution in [0.3, 0.4) is 0 Å². The molecular formula is C13H16N4O. The molecule has 1 heterocycles. The number of hydrazine groups is 1. The summed E-state index contributed by atoms with van der Waals surface area (Å²) in [6, 6.07) is 7.82. The maximum atomic E-state index is 11.3. The van der Waals surface area contributed by atoms with E-state index in [-0.39, 0.29) is 0 Å². The average Bonchev–Trinajstić information content (AvgIpc) is 2.39. The van der Waals surface area contributed by atoms with Gasteiger partial charge in [0.15, 0.2) is 0 Å². The Balaban J connectivity index is 2.28. The fraction of sp³-hybridized carbons (Fsp3) is 0.154. The molecule has 5 nitrogen and oxygen atoms in total. The van der Waals surface area contributed by atoms with E-state index in [0.29, 0.717) is 5.70 Å². The van der Waals surface area contributed by atoms with Crippen LogP contribution in [-0.2, 0) is 4.79 Å². The SMILES string of the molecule is CN(C)c1ccc(N2NC=CC=C2C(N)=O)cc1. The van der Waals surface area contributed by atoms with Crippen LogP contribution in [0, 0.1) is 0 Å². The zero-order valence-electron chi connectivity index (χ0n) is 10.4. The van der Waals surface area contributed by atoms with E-state index in [1.807, 2.05) is 43.3 Å². The van der Waals surface area contributed by atoms with Crippen LogP contribution in [-0.4, -0.2) is 20.0 Å². The molecule has 1 aromatic carbocycles. The Kier molecular flexibility index (Phi) is 3.23. The van der Waals surface area contributed by atoms with Gasteiger partial charge in [0.05, 0.1) is 5.69 Å². The summed E-state index contributed by atoms with van der Waals surface area (Å²) < 4.78 is 0. The number of primary amides is 1. The van der Waals surface area contributed by atoms with Crippen LogP contribution in [0.2, 0.25) is 0 Å². The van der Waals surface area contributed by atoms with Gasteiger partial charge in [0.25, 0.3) is 5.91 Å². The van der Waals surface area contributed by atoms with Crippen LogP contribution >= 0.6 is 0 Å². The number of benzene rings is 1. The number of rotatable bonds is 3. The number of carbonyl (C=O) groups excluding carboxylic acids is 1. The first-order chi connectivity index (χ1) is 8.59. The summed E-state index contributed by atoms with van der Waals surface area (Å²) in [6.07, 6.45) is 5.16. The van der Waals surface area contributed by atoms with Crippen molar-refractivity contribution in [1.82, 2.24) is 5.43 Å². The molecule has 94 valence electrons. The Hall–Kier alpha value is -2.43. The van der Waals surface area contributed by atoms with Gasteiger partial charge in [-0.2, -0.15) is 0 Å². The highest BCUT2D eigenvalue weighted by Crippen LogP contribution is 2.22. The average molecular weight is 244 g/mol. The number of hydrogen-bond donors (Lipinski definition) is 2. The van der Waals surface area contributed by atoms with Crippen LogP contribution in [0.15, 0.2) is 48.3 Å². The van der Waals surface area contributed by atoms with Gasteiger partial charge in [0.2, 0.25) is 0 Å². The third-order valence-corrected chi connectivity index (χ3v) is 2.67. The van der Waals surface area contributed by atoms with Gasteiger partial charge in [-0.25, -0.2) is 0 Å². The van der Waals surface area contributed by atoms with Crippen LogP contribution < -0.4 is 21.1 Å². The third kappa shape index (κ3) is 2.29. The Morgan fingerprint density at radius 1 is 1.28 bits per heavy atom. The highest BCUT2D eigenvalue weighted by Gasteiger charge is 2.17. The molecule has 0 spiro atoms. The molecule has 1 amide bonds. The minimum atomic E-state index is -0.469. The standard InChI is InChI=1S/C13H16N4O/c1-16(2)10-5-7-11(8-6-10)17-12(13(14)18)4-3-9-15-17/h3-9,15H,1-2H3,(H2,14,18). The molecule has 18 heavy (non-hydrogen) atoms. The van der Waals surface area contributed by atoms with Gasteiger partial charge in [-0.3, -0.25) is 9.80 Å².